The van der Waals surface area contributed by atoms with Crippen LogP contribution in [0.4, 0.5) is 0 Å². The lowest BCUT2D eigenvalue weighted by molar-refractivity contribution is -0.140. The maximum Gasteiger partial charge on any atom is 0.243 e. The average molecular weight is 780 g/mol. The molecule has 0 spiro atoms. The number of Topliss-reactive ketones (excluding diaryl/α,β-unsaturated/α-hetero) is 2. The molecule has 8 N–H and O–H groups in total. The second-order valence-electron chi connectivity index (χ2n) is 17.0. The van der Waals surface area contributed by atoms with Crippen LogP contribution in [0, 0.1) is 23.2 Å². The van der Waals surface area contributed by atoms with Crippen molar-refractivity contribution < 1.29 is 33.5 Å². The summed E-state index contributed by atoms with van der Waals surface area (Å²) >= 11 is 0. The van der Waals surface area contributed by atoms with Crippen LogP contribution in [-0.4, -0.2) is 83.9 Å². The first-order valence-corrected chi connectivity index (χ1v) is 20.7. The van der Waals surface area contributed by atoms with Crippen LogP contribution in [0.25, 0.3) is 0 Å². The van der Waals surface area contributed by atoms with Gasteiger partial charge in [-0.25, -0.2) is 0 Å². The van der Waals surface area contributed by atoms with E-state index < -0.39 is 47.2 Å². The van der Waals surface area contributed by atoms with Gasteiger partial charge in [-0.2, -0.15) is 0 Å². The maximum atomic E-state index is 14.5. The summed E-state index contributed by atoms with van der Waals surface area (Å²) in [5.74, 6) is -3.13. The van der Waals surface area contributed by atoms with Crippen LogP contribution in [0.15, 0.2) is 29.3 Å². The lowest BCUT2D eigenvalue weighted by Crippen LogP contribution is -2.54. The number of carbonyl (C=O) groups is 6. The van der Waals surface area contributed by atoms with Crippen LogP contribution in [0.3, 0.4) is 0 Å². The minimum Gasteiger partial charge on any atom is -0.494 e. The van der Waals surface area contributed by atoms with Gasteiger partial charge in [0.25, 0.3) is 0 Å². The number of nitrogens with zero attached hydrogens (tertiary/aromatic N) is 2. The molecule has 0 radical (unpaired) electrons. The van der Waals surface area contributed by atoms with Crippen LogP contribution in [0.1, 0.15) is 123 Å². The van der Waals surface area contributed by atoms with E-state index in [2.05, 4.69) is 15.6 Å². The first-order valence-electron chi connectivity index (χ1n) is 20.7. The molecule has 0 unspecified atom stereocenters. The molecule has 310 valence electrons. The van der Waals surface area contributed by atoms with E-state index in [0.29, 0.717) is 63.8 Å². The summed E-state index contributed by atoms with van der Waals surface area (Å²) in [5, 5.41) is 6.04. The summed E-state index contributed by atoms with van der Waals surface area (Å²) in [6.45, 7) is 6.57. The normalized spacial score (nSPS) is 23.2. The van der Waals surface area contributed by atoms with E-state index in [1.54, 1.807) is 4.90 Å². The molecule has 2 bridgehead atoms. The van der Waals surface area contributed by atoms with Gasteiger partial charge < -0.3 is 37.5 Å². The third-order valence-electron chi connectivity index (χ3n) is 11.6. The van der Waals surface area contributed by atoms with Crippen LogP contribution >= 0.6 is 0 Å². The third kappa shape index (κ3) is 13.3. The zero-order chi connectivity index (χ0) is 40.8. The second kappa shape index (κ2) is 21.2. The number of nitrogens with one attached hydrogen (secondary N) is 2. The summed E-state index contributed by atoms with van der Waals surface area (Å²) in [7, 11) is 0. The van der Waals surface area contributed by atoms with Crippen molar-refractivity contribution in [3.8, 4) is 5.75 Å². The predicted octanol–water partition coefficient (Wildman–Crippen LogP) is 3.46. The van der Waals surface area contributed by atoms with E-state index in [0.717, 1.165) is 37.7 Å². The first-order chi connectivity index (χ1) is 26.6. The van der Waals surface area contributed by atoms with Gasteiger partial charge in [0.1, 0.15) is 11.8 Å². The highest BCUT2D eigenvalue weighted by Crippen LogP contribution is 2.31. The summed E-state index contributed by atoms with van der Waals surface area (Å²) in [5.41, 5.74) is 17.2. The molecule has 1 aromatic carbocycles. The highest BCUT2D eigenvalue weighted by atomic mass is 16.5. The number of aryl methyl sites for hydroxylation is 1. The SMILES string of the molecule is CC(C)(C)[C@H](CC(=O)[C@H](CCCN=C(N)N)NC(=O)[C@@H]1CCCc2cccc(c2)OCCCC(=O)N2CCC[C@H]2C(=O)N[C@@H](C2CCCCC2)C(=O)C1)C(N)=O. The van der Waals surface area contributed by atoms with Crippen molar-refractivity contribution in [2.45, 2.75) is 142 Å². The molecule has 1 aromatic rings. The van der Waals surface area contributed by atoms with Gasteiger partial charge in [-0.1, -0.05) is 52.2 Å². The Morgan fingerprint density at radius 3 is 2.41 bits per heavy atom. The molecule has 4 amide bonds. The van der Waals surface area contributed by atoms with Crippen molar-refractivity contribution in [3.05, 3.63) is 29.8 Å². The summed E-state index contributed by atoms with van der Waals surface area (Å²) in [6.07, 6.45) is 8.27. The Hall–Kier alpha value is -4.49. The standard InChI is InChI=1S/C42H65N7O7/c1-42(2,3)31(38(43)53)26-34(50)32(18-9-21-46-41(44)45)47-39(54)29-16-7-12-27-13-8-17-30(24-27)56-23-11-20-36(52)49-22-10-19-33(49)40(55)48-37(35(51)25-29)28-14-5-4-6-15-28/h8,13,17,24,28-29,31-33,37H,4-7,9-12,14-16,18-23,25-26H2,1-3H3,(H2,43,53)(H,47,54)(H,48,55)(H4,44,45,46)/t29-,31-,32+,33+,37+/m1/s1. The fourth-order valence-electron chi connectivity index (χ4n) is 8.40. The number of ketones is 2. The number of hydrogen-bond acceptors (Lipinski definition) is 8. The monoisotopic (exact) mass is 779 g/mol. The quantitative estimate of drug-likeness (QED) is 0.126. The van der Waals surface area contributed by atoms with Gasteiger partial charge in [0, 0.05) is 44.2 Å². The predicted molar refractivity (Wildman–Crippen MR) is 214 cm³/mol. The van der Waals surface area contributed by atoms with Crippen LogP contribution < -0.4 is 32.6 Å². The van der Waals surface area contributed by atoms with Gasteiger partial charge in [-0.05, 0) is 93.2 Å². The molecule has 56 heavy (non-hydrogen) atoms. The molecule has 3 aliphatic rings. The van der Waals surface area contributed by atoms with Gasteiger partial charge in [0.15, 0.2) is 17.5 Å². The van der Waals surface area contributed by atoms with E-state index in [-0.39, 0.29) is 67.5 Å². The largest absolute Gasteiger partial charge is 0.494 e. The van der Waals surface area contributed by atoms with Gasteiger partial charge in [0.2, 0.25) is 23.6 Å². The molecule has 1 saturated carbocycles. The van der Waals surface area contributed by atoms with Crippen molar-refractivity contribution >= 4 is 41.2 Å². The third-order valence-corrected chi connectivity index (χ3v) is 11.6. The van der Waals surface area contributed by atoms with Crippen molar-refractivity contribution in [2.75, 3.05) is 19.7 Å². The number of aliphatic imine (C=N–C) groups is 1. The van der Waals surface area contributed by atoms with Gasteiger partial charge >= 0.3 is 0 Å². The molecule has 0 aromatic heterocycles. The number of primary amides is 1. The first kappa shape index (κ1) is 44.2. The summed E-state index contributed by atoms with van der Waals surface area (Å²) in [4.78, 5) is 88.1. The zero-order valence-corrected chi connectivity index (χ0v) is 33.7. The molecular weight excluding hydrogens is 715 g/mol. The Bertz CT molecular complexity index is 1560. The Morgan fingerprint density at radius 2 is 1.71 bits per heavy atom. The molecular formula is C42H65N7O7. The Balaban J connectivity index is 1.64. The van der Waals surface area contributed by atoms with Crippen LogP contribution in [0.5, 0.6) is 5.75 Å². The molecule has 2 fully saturated rings. The highest BCUT2D eigenvalue weighted by molar-refractivity contribution is 5.96. The van der Waals surface area contributed by atoms with E-state index in [4.69, 9.17) is 21.9 Å². The lowest BCUT2D eigenvalue weighted by Gasteiger charge is -2.33. The Labute approximate surface area is 331 Å². The molecule has 2 aliphatic heterocycles. The summed E-state index contributed by atoms with van der Waals surface area (Å²) in [6, 6.07) is 5.26. The fourth-order valence-corrected chi connectivity index (χ4v) is 8.40. The molecule has 1 saturated heterocycles. The van der Waals surface area contributed by atoms with Gasteiger partial charge in [-0.15, -0.1) is 0 Å². The number of nitrogens with two attached hydrogens (primary N) is 3. The van der Waals surface area contributed by atoms with Crippen molar-refractivity contribution in [3.63, 3.8) is 0 Å². The van der Waals surface area contributed by atoms with Gasteiger partial charge in [-0.3, -0.25) is 33.8 Å². The highest BCUT2D eigenvalue weighted by Gasteiger charge is 2.40. The maximum absolute atomic E-state index is 14.5. The Morgan fingerprint density at radius 1 is 0.964 bits per heavy atom. The van der Waals surface area contributed by atoms with Crippen molar-refractivity contribution in [2.24, 2.45) is 45.4 Å². The number of benzene rings is 1. The van der Waals surface area contributed by atoms with Gasteiger partial charge in [0.05, 0.1) is 18.7 Å². The lowest BCUT2D eigenvalue weighted by atomic mass is 9.76. The van der Waals surface area contributed by atoms with Crippen LogP contribution in [0.2, 0.25) is 0 Å². The van der Waals surface area contributed by atoms with Crippen molar-refractivity contribution in [1.29, 1.82) is 0 Å². The number of carbonyl (C=O) groups excluding carboxylic acids is 6. The number of ether oxygens (including phenoxy) is 1. The second-order valence-corrected chi connectivity index (χ2v) is 17.0. The van der Waals surface area contributed by atoms with E-state index in [9.17, 15) is 28.8 Å². The molecule has 14 heteroatoms. The Kier molecular flexibility index (Phi) is 16.7. The molecule has 14 nitrogen and oxygen atoms in total. The average Bonchev–Trinajstić information content (AvgIpc) is 3.65. The smallest absolute Gasteiger partial charge is 0.243 e. The van der Waals surface area contributed by atoms with E-state index in [1.807, 2.05) is 45.0 Å². The molecule has 1 aliphatic carbocycles. The number of fused-ring (bicyclic) bond motifs is 3. The van der Waals surface area contributed by atoms with Crippen molar-refractivity contribution in [1.82, 2.24) is 15.5 Å². The zero-order valence-electron chi connectivity index (χ0n) is 33.7. The fraction of sp³-hybridized carbons (Fsp3) is 0.690. The molecule has 5 atom stereocenters. The number of amides is 4. The van der Waals surface area contributed by atoms with E-state index in [1.165, 1.54) is 0 Å². The summed E-state index contributed by atoms with van der Waals surface area (Å²) < 4.78 is 5.99. The molecule has 4 rings (SSSR count). The number of hydrogen-bond donors (Lipinski definition) is 5. The van der Waals surface area contributed by atoms with Crippen LogP contribution in [-0.2, 0) is 35.2 Å². The minimum absolute atomic E-state index is 0.0866. The number of rotatable bonds is 11. The number of guanidine groups is 1. The minimum atomic E-state index is -0.971. The molecule has 2 heterocycles. The topological polar surface area (TPSA) is 229 Å². The van der Waals surface area contributed by atoms with E-state index >= 15 is 0 Å².